The molecule has 0 saturated heterocycles. The van der Waals surface area contributed by atoms with Crippen LogP contribution in [0.25, 0.3) is 33.1 Å². The van der Waals surface area contributed by atoms with Gasteiger partial charge in [0.05, 0.1) is 41.7 Å². The van der Waals surface area contributed by atoms with Crippen molar-refractivity contribution in [1.82, 2.24) is 20.5 Å². The first-order chi connectivity index (χ1) is 14.9. The molecule has 3 N–H and O–H groups in total. The molecule has 1 amide bonds. The molecule has 4 aromatic rings. The van der Waals surface area contributed by atoms with Crippen molar-refractivity contribution >= 4 is 27.7 Å². The fourth-order valence-electron chi connectivity index (χ4n) is 4.09. The van der Waals surface area contributed by atoms with Gasteiger partial charge in [0.25, 0.3) is 5.91 Å². The number of pyridine rings is 1. The van der Waals surface area contributed by atoms with Crippen molar-refractivity contribution < 1.29 is 14.6 Å². The second-order valence-electron chi connectivity index (χ2n) is 8.58. The van der Waals surface area contributed by atoms with Crippen molar-refractivity contribution in [3.8, 4) is 11.3 Å². The lowest BCUT2D eigenvalue weighted by molar-refractivity contribution is 0.0694. The Bertz CT molecular complexity index is 1290. The number of hydrogen-bond donors (Lipinski definition) is 3. The SMILES string of the molecule is CC(C)(O)CNC(=O)c1ccc(-c2nc3ccc4[nH]ncc4c3c3c2COCC3)cc1. The first-order valence-corrected chi connectivity index (χ1v) is 10.4. The molecule has 2 aromatic heterocycles. The molecular formula is C24H24N4O3. The van der Waals surface area contributed by atoms with Gasteiger partial charge >= 0.3 is 0 Å². The number of nitrogens with one attached hydrogen (secondary N) is 2. The molecule has 158 valence electrons. The third kappa shape index (κ3) is 3.66. The molecule has 3 heterocycles. The van der Waals surface area contributed by atoms with E-state index in [-0.39, 0.29) is 12.5 Å². The number of amides is 1. The minimum Gasteiger partial charge on any atom is -0.389 e. The summed E-state index contributed by atoms with van der Waals surface area (Å²) in [5.74, 6) is -0.215. The van der Waals surface area contributed by atoms with Gasteiger partial charge in [0.1, 0.15) is 0 Å². The van der Waals surface area contributed by atoms with Crippen molar-refractivity contribution in [2.24, 2.45) is 0 Å². The van der Waals surface area contributed by atoms with Crippen LogP contribution in [0.15, 0.2) is 42.6 Å². The van der Waals surface area contributed by atoms with Crippen molar-refractivity contribution in [3.05, 3.63) is 59.3 Å². The van der Waals surface area contributed by atoms with E-state index in [0.717, 1.165) is 45.0 Å². The average Bonchev–Trinajstić information content (AvgIpc) is 3.25. The van der Waals surface area contributed by atoms with Crippen LogP contribution in [0.2, 0.25) is 0 Å². The van der Waals surface area contributed by atoms with Crippen LogP contribution < -0.4 is 5.32 Å². The average molecular weight is 416 g/mol. The van der Waals surface area contributed by atoms with E-state index in [1.54, 1.807) is 26.0 Å². The number of hydrogen-bond acceptors (Lipinski definition) is 5. The highest BCUT2D eigenvalue weighted by Crippen LogP contribution is 2.36. The first kappa shape index (κ1) is 19.7. The lowest BCUT2D eigenvalue weighted by Gasteiger charge is -2.22. The Morgan fingerprint density at radius 1 is 1.19 bits per heavy atom. The fourth-order valence-corrected chi connectivity index (χ4v) is 4.09. The van der Waals surface area contributed by atoms with Gasteiger partial charge in [0, 0.05) is 34.0 Å². The van der Waals surface area contributed by atoms with E-state index < -0.39 is 5.60 Å². The number of benzene rings is 2. The summed E-state index contributed by atoms with van der Waals surface area (Å²) in [6.07, 6.45) is 2.68. The van der Waals surface area contributed by atoms with Crippen molar-refractivity contribution in [2.75, 3.05) is 13.2 Å². The summed E-state index contributed by atoms with van der Waals surface area (Å²) in [7, 11) is 0. The Kier molecular flexibility index (Phi) is 4.72. The third-order valence-corrected chi connectivity index (χ3v) is 5.63. The number of H-pyrrole nitrogens is 1. The maximum atomic E-state index is 12.4. The molecule has 0 bridgehead atoms. The van der Waals surface area contributed by atoms with Gasteiger partial charge in [-0.25, -0.2) is 4.98 Å². The molecular weight excluding hydrogens is 392 g/mol. The van der Waals surface area contributed by atoms with Gasteiger partial charge in [0.15, 0.2) is 0 Å². The van der Waals surface area contributed by atoms with Crippen LogP contribution in [-0.2, 0) is 17.8 Å². The number of fused-ring (bicyclic) bond motifs is 5. The van der Waals surface area contributed by atoms with E-state index in [9.17, 15) is 9.90 Å². The quantitative estimate of drug-likeness (QED) is 0.474. The predicted molar refractivity (Wildman–Crippen MR) is 119 cm³/mol. The maximum absolute atomic E-state index is 12.4. The number of aromatic nitrogens is 3. The predicted octanol–water partition coefficient (Wildman–Crippen LogP) is 3.35. The summed E-state index contributed by atoms with van der Waals surface area (Å²) >= 11 is 0. The van der Waals surface area contributed by atoms with E-state index >= 15 is 0 Å². The third-order valence-electron chi connectivity index (χ3n) is 5.63. The van der Waals surface area contributed by atoms with Gasteiger partial charge in [-0.15, -0.1) is 0 Å². The molecule has 0 atom stereocenters. The molecule has 1 aliphatic heterocycles. The molecule has 0 unspecified atom stereocenters. The Hall–Kier alpha value is -3.29. The molecule has 31 heavy (non-hydrogen) atoms. The highest BCUT2D eigenvalue weighted by molar-refractivity contribution is 6.07. The summed E-state index contributed by atoms with van der Waals surface area (Å²) in [5, 5.41) is 22.0. The summed E-state index contributed by atoms with van der Waals surface area (Å²) in [6, 6.07) is 11.4. The molecule has 0 saturated carbocycles. The van der Waals surface area contributed by atoms with Gasteiger partial charge in [0.2, 0.25) is 0 Å². The standard InChI is InChI=1S/C24H24N4O3/c1-24(2,30)13-25-23(29)15-5-3-14(4-6-15)22-18-12-31-10-9-16(18)21-17-11-26-28-19(17)7-8-20(21)27-22/h3-8,11,30H,9-10,12-13H2,1-2H3,(H,25,29)(H,26,28). The molecule has 7 nitrogen and oxygen atoms in total. The number of aromatic amines is 1. The smallest absolute Gasteiger partial charge is 0.251 e. The van der Waals surface area contributed by atoms with Crippen LogP contribution in [0.3, 0.4) is 0 Å². The van der Waals surface area contributed by atoms with Crippen LogP contribution in [0.4, 0.5) is 0 Å². The maximum Gasteiger partial charge on any atom is 0.251 e. The Morgan fingerprint density at radius 3 is 2.77 bits per heavy atom. The van der Waals surface area contributed by atoms with Crippen molar-refractivity contribution in [2.45, 2.75) is 32.5 Å². The Morgan fingerprint density at radius 2 is 2.00 bits per heavy atom. The largest absolute Gasteiger partial charge is 0.389 e. The number of aliphatic hydroxyl groups is 1. The molecule has 7 heteroatoms. The van der Waals surface area contributed by atoms with Gasteiger partial charge in [-0.05, 0) is 50.1 Å². The Balaban J connectivity index is 1.56. The topological polar surface area (TPSA) is 100 Å². The minimum absolute atomic E-state index is 0.188. The molecule has 5 rings (SSSR count). The lowest BCUT2D eigenvalue weighted by Crippen LogP contribution is -2.38. The second kappa shape index (κ2) is 7.44. The van der Waals surface area contributed by atoms with Crippen molar-refractivity contribution in [1.29, 1.82) is 0 Å². The van der Waals surface area contributed by atoms with Crippen LogP contribution in [0, 0.1) is 0 Å². The monoisotopic (exact) mass is 416 g/mol. The highest BCUT2D eigenvalue weighted by Gasteiger charge is 2.22. The zero-order valence-corrected chi connectivity index (χ0v) is 17.5. The van der Waals surface area contributed by atoms with Crippen molar-refractivity contribution in [3.63, 3.8) is 0 Å². The molecule has 0 radical (unpaired) electrons. The van der Waals surface area contributed by atoms with Gasteiger partial charge in [-0.1, -0.05) is 12.1 Å². The first-order valence-electron chi connectivity index (χ1n) is 10.4. The molecule has 0 aliphatic carbocycles. The lowest BCUT2D eigenvalue weighted by atomic mass is 9.92. The normalized spacial score (nSPS) is 14.0. The van der Waals surface area contributed by atoms with E-state index in [1.807, 2.05) is 30.5 Å². The highest BCUT2D eigenvalue weighted by atomic mass is 16.5. The molecule has 0 fully saturated rings. The number of rotatable bonds is 4. The van der Waals surface area contributed by atoms with E-state index in [1.165, 1.54) is 5.56 Å². The van der Waals surface area contributed by atoms with E-state index in [0.29, 0.717) is 18.8 Å². The molecule has 2 aromatic carbocycles. The zero-order valence-electron chi connectivity index (χ0n) is 17.5. The number of carbonyl (C=O) groups excluding carboxylic acids is 1. The number of nitrogens with zero attached hydrogens (tertiary/aromatic N) is 2. The van der Waals surface area contributed by atoms with Gasteiger partial charge in [-0.2, -0.15) is 5.10 Å². The number of carbonyl (C=O) groups is 1. The summed E-state index contributed by atoms with van der Waals surface area (Å²) in [6.45, 7) is 4.69. The summed E-state index contributed by atoms with van der Waals surface area (Å²) < 4.78 is 5.78. The van der Waals surface area contributed by atoms with Crippen LogP contribution in [0.1, 0.15) is 35.3 Å². The van der Waals surface area contributed by atoms with E-state index in [4.69, 9.17) is 9.72 Å². The van der Waals surface area contributed by atoms with Crippen LogP contribution in [0.5, 0.6) is 0 Å². The Labute approximate surface area is 179 Å². The van der Waals surface area contributed by atoms with Gasteiger partial charge in [-0.3, -0.25) is 9.89 Å². The fraction of sp³-hybridized carbons (Fsp3) is 0.292. The van der Waals surface area contributed by atoms with Crippen LogP contribution in [-0.4, -0.2) is 44.9 Å². The summed E-state index contributed by atoms with van der Waals surface area (Å²) in [4.78, 5) is 17.4. The molecule has 0 spiro atoms. The van der Waals surface area contributed by atoms with Crippen LogP contribution >= 0.6 is 0 Å². The number of ether oxygens (including phenoxy) is 1. The zero-order chi connectivity index (χ0) is 21.6. The minimum atomic E-state index is -0.954. The summed E-state index contributed by atoms with van der Waals surface area (Å²) in [5.41, 5.74) is 5.68. The van der Waals surface area contributed by atoms with E-state index in [2.05, 4.69) is 15.5 Å². The van der Waals surface area contributed by atoms with Gasteiger partial charge < -0.3 is 15.2 Å². The second-order valence-corrected chi connectivity index (χ2v) is 8.58. The molecule has 1 aliphatic rings.